The van der Waals surface area contributed by atoms with Crippen molar-refractivity contribution in [3.63, 3.8) is 0 Å². The molecule has 0 saturated heterocycles. The van der Waals surface area contributed by atoms with Gasteiger partial charge in [0.15, 0.2) is 0 Å². The van der Waals surface area contributed by atoms with E-state index in [1.165, 1.54) is 31.9 Å². The van der Waals surface area contributed by atoms with E-state index < -0.39 is 9.84 Å². The minimum atomic E-state index is -2.83. The molecule has 2 aliphatic carbocycles. The molecule has 0 aromatic rings. The van der Waals surface area contributed by atoms with Gasteiger partial charge in [-0.1, -0.05) is 25.7 Å². The first kappa shape index (κ1) is 13.3. The van der Waals surface area contributed by atoms with E-state index in [-0.39, 0.29) is 5.25 Å². The van der Waals surface area contributed by atoms with Crippen molar-refractivity contribution >= 4 is 9.84 Å². The lowest BCUT2D eigenvalue weighted by molar-refractivity contribution is 0.279. The molecule has 0 radical (unpaired) electrons. The van der Waals surface area contributed by atoms with Crippen molar-refractivity contribution in [1.29, 1.82) is 0 Å². The van der Waals surface area contributed by atoms with Crippen molar-refractivity contribution in [2.24, 2.45) is 5.92 Å². The maximum atomic E-state index is 11.5. The van der Waals surface area contributed by atoms with Gasteiger partial charge in [0.2, 0.25) is 0 Å². The second-order valence-electron chi connectivity index (χ2n) is 5.85. The van der Waals surface area contributed by atoms with Crippen molar-refractivity contribution < 1.29 is 8.42 Å². The standard InChI is InChI=1S/C13H25NO2S/c1-17(15,16)13-7-3-6-12(10-13)14-9-8-11-4-2-5-11/h11-14H,2-10H2,1H3. The Balaban J connectivity index is 1.69. The Labute approximate surface area is 105 Å². The summed E-state index contributed by atoms with van der Waals surface area (Å²) in [7, 11) is -2.83. The average molecular weight is 259 g/mol. The molecule has 2 unspecified atom stereocenters. The minimum Gasteiger partial charge on any atom is -0.314 e. The zero-order valence-corrected chi connectivity index (χ0v) is 11.6. The lowest BCUT2D eigenvalue weighted by atomic mass is 9.83. The zero-order chi connectivity index (χ0) is 12.3. The fourth-order valence-electron chi connectivity index (χ4n) is 2.99. The second kappa shape index (κ2) is 5.70. The normalized spacial score (nSPS) is 31.1. The van der Waals surface area contributed by atoms with Gasteiger partial charge in [-0.05, 0) is 38.1 Å². The first-order chi connectivity index (χ1) is 8.05. The van der Waals surface area contributed by atoms with Crippen molar-refractivity contribution in [1.82, 2.24) is 5.32 Å². The van der Waals surface area contributed by atoms with Gasteiger partial charge < -0.3 is 5.32 Å². The summed E-state index contributed by atoms with van der Waals surface area (Å²) in [5.41, 5.74) is 0. The molecule has 2 fully saturated rings. The molecule has 17 heavy (non-hydrogen) atoms. The van der Waals surface area contributed by atoms with Gasteiger partial charge in [-0.2, -0.15) is 0 Å². The van der Waals surface area contributed by atoms with Gasteiger partial charge in [-0.3, -0.25) is 0 Å². The van der Waals surface area contributed by atoms with Crippen LogP contribution in [-0.4, -0.2) is 32.5 Å². The molecule has 2 saturated carbocycles. The van der Waals surface area contributed by atoms with Gasteiger partial charge in [-0.15, -0.1) is 0 Å². The van der Waals surface area contributed by atoms with Crippen LogP contribution in [0.2, 0.25) is 0 Å². The highest BCUT2D eigenvalue weighted by atomic mass is 32.2. The van der Waals surface area contributed by atoms with Crippen LogP contribution in [-0.2, 0) is 9.84 Å². The van der Waals surface area contributed by atoms with E-state index in [0.29, 0.717) is 6.04 Å². The Kier molecular flexibility index (Phi) is 4.47. The molecule has 3 nitrogen and oxygen atoms in total. The number of nitrogens with one attached hydrogen (secondary N) is 1. The highest BCUT2D eigenvalue weighted by Gasteiger charge is 2.28. The Morgan fingerprint density at radius 1 is 1.12 bits per heavy atom. The first-order valence-electron chi connectivity index (χ1n) is 6.98. The monoisotopic (exact) mass is 259 g/mol. The molecular formula is C13H25NO2S. The highest BCUT2D eigenvalue weighted by Crippen LogP contribution is 2.29. The van der Waals surface area contributed by atoms with Gasteiger partial charge in [0.1, 0.15) is 9.84 Å². The van der Waals surface area contributed by atoms with Crippen LogP contribution in [0.4, 0.5) is 0 Å². The molecule has 0 aromatic carbocycles. The molecule has 1 N–H and O–H groups in total. The van der Waals surface area contributed by atoms with Crippen LogP contribution in [0.5, 0.6) is 0 Å². The highest BCUT2D eigenvalue weighted by molar-refractivity contribution is 7.91. The molecule has 4 heteroatoms. The summed E-state index contributed by atoms with van der Waals surface area (Å²) in [6.45, 7) is 1.08. The molecule has 2 rings (SSSR count). The van der Waals surface area contributed by atoms with Gasteiger partial charge in [-0.25, -0.2) is 8.42 Å². The van der Waals surface area contributed by atoms with Crippen LogP contribution in [0.15, 0.2) is 0 Å². The third kappa shape index (κ3) is 3.95. The largest absolute Gasteiger partial charge is 0.314 e. The SMILES string of the molecule is CS(=O)(=O)C1CCCC(NCCC2CCC2)C1. The molecule has 0 bridgehead atoms. The van der Waals surface area contributed by atoms with Gasteiger partial charge in [0, 0.05) is 12.3 Å². The quantitative estimate of drug-likeness (QED) is 0.822. The second-order valence-corrected chi connectivity index (χ2v) is 8.18. The Hall–Kier alpha value is -0.0900. The molecule has 0 aliphatic heterocycles. The molecule has 0 spiro atoms. The molecule has 0 amide bonds. The minimum absolute atomic E-state index is 0.0996. The van der Waals surface area contributed by atoms with Crippen LogP contribution in [0.3, 0.4) is 0 Å². The van der Waals surface area contributed by atoms with Crippen LogP contribution >= 0.6 is 0 Å². The lowest BCUT2D eigenvalue weighted by Gasteiger charge is -2.30. The smallest absolute Gasteiger partial charge is 0.150 e. The Bertz CT molecular complexity index is 335. The summed E-state index contributed by atoms with van der Waals surface area (Å²) >= 11 is 0. The zero-order valence-electron chi connectivity index (χ0n) is 10.8. The lowest BCUT2D eigenvalue weighted by Crippen LogP contribution is -2.39. The average Bonchev–Trinajstić information content (AvgIpc) is 2.21. The summed E-state index contributed by atoms with van der Waals surface area (Å²) in [4.78, 5) is 0. The van der Waals surface area contributed by atoms with Crippen molar-refractivity contribution in [2.45, 2.75) is 62.7 Å². The van der Waals surface area contributed by atoms with Gasteiger partial charge >= 0.3 is 0 Å². The maximum Gasteiger partial charge on any atom is 0.150 e. The number of rotatable bonds is 5. The summed E-state index contributed by atoms with van der Waals surface area (Å²) in [5, 5.41) is 3.46. The maximum absolute atomic E-state index is 11.5. The van der Waals surface area contributed by atoms with Crippen molar-refractivity contribution in [2.75, 3.05) is 12.8 Å². The molecule has 2 atom stereocenters. The van der Waals surface area contributed by atoms with E-state index >= 15 is 0 Å². The Morgan fingerprint density at radius 3 is 2.41 bits per heavy atom. The summed E-state index contributed by atoms with van der Waals surface area (Å²) < 4.78 is 23.1. The summed E-state index contributed by atoms with van der Waals surface area (Å²) in [6.07, 6.45) is 10.8. The van der Waals surface area contributed by atoms with Crippen LogP contribution in [0, 0.1) is 5.92 Å². The third-order valence-electron chi connectivity index (χ3n) is 4.44. The van der Waals surface area contributed by atoms with Crippen molar-refractivity contribution in [3.8, 4) is 0 Å². The fourth-order valence-corrected chi connectivity index (χ4v) is 4.17. The van der Waals surface area contributed by atoms with Crippen molar-refractivity contribution in [3.05, 3.63) is 0 Å². The molecule has 0 aromatic heterocycles. The van der Waals surface area contributed by atoms with Gasteiger partial charge in [0.25, 0.3) is 0 Å². The van der Waals surface area contributed by atoms with E-state index in [1.54, 1.807) is 0 Å². The van der Waals surface area contributed by atoms with E-state index in [4.69, 9.17) is 0 Å². The number of sulfone groups is 1. The van der Waals surface area contributed by atoms with E-state index in [1.807, 2.05) is 0 Å². The number of hydrogen-bond donors (Lipinski definition) is 1. The first-order valence-corrected chi connectivity index (χ1v) is 8.93. The van der Waals surface area contributed by atoms with Crippen LogP contribution < -0.4 is 5.32 Å². The van der Waals surface area contributed by atoms with Crippen LogP contribution in [0.1, 0.15) is 51.4 Å². The topological polar surface area (TPSA) is 46.2 Å². The predicted molar refractivity (Wildman–Crippen MR) is 70.8 cm³/mol. The number of hydrogen-bond acceptors (Lipinski definition) is 3. The Morgan fingerprint density at radius 2 is 1.82 bits per heavy atom. The summed E-state index contributed by atoms with van der Waals surface area (Å²) in [5.74, 6) is 0.941. The van der Waals surface area contributed by atoms with E-state index in [9.17, 15) is 8.42 Å². The van der Waals surface area contributed by atoms with Gasteiger partial charge in [0.05, 0.1) is 5.25 Å². The molecule has 100 valence electrons. The predicted octanol–water partition coefficient (Wildman–Crippen LogP) is 2.12. The molecular weight excluding hydrogens is 234 g/mol. The van der Waals surface area contributed by atoms with E-state index in [2.05, 4.69) is 5.32 Å². The summed E-state index contributed by atoms with van der Waals surface area (Å²) in [6, 6.07) is 0.434. The fraction of sp³-hybridized carbons (Fsp3) is 1.00. The molecule has 0 heterocycles. The van der Waals surface area contributed by atoms with E-state index in [0.717, 1.165) is 38.1 Å². The van der Waals surface area contributed by atoms with Crippen LogP contribution in [0.25, 0.3) is 0 Å². The third-order valence-corrected chi connectivity index (χ3v) is 6.08. The molecule has 2 aliphatic rings.